The molecule has 30 heavy (non-hydrogen) atoms. The molecule has 0 N–H and O–H groups in total. The molecule has 0 aromatic heterocycles. The Morgan fingerprint density at radius 1 is 1.07 bits per heavy atom. The van der Waals surface area contributed by atoms with Crippen molar-refractivity contribution in [3.8, 4) is 11.5 Å². The van der Waals surface area contributed by atoms with E-state index >= 15 is 0 Å². The van der Waals surface area contributed by atoms with E-state index in [1.807, 2.05) is 53.5 Å². The molecule has 150 valence electrons. The second-order valence-electron chi connectivity index (χ2n) is 7.21. The first-order valence-corrected chi connectivity index (χ1v) is 9.65. The number of ether oxygens (including phenoxy) is 2. The Kier molecular flexibility index (Phi) is 4.35. The van der Waals surface area contributed by atoms with Crippen LogP contribution in [0.3, 0.4) is 0 Å². The molecule has 0 saturated heterocycles. The third-order valence-corrected chi connectivity index (χ3v) is 5.50. The molecule has 0 spiro atoms. The first kappa shape index (κ1) is 18.2. The molecule has 2 atom stereocenters. The van der Waals surface area contributed by atoms with E-state index in [-0.39, 0.29) is 11.7 Å². The van der Waals surface area contributed by atoms with Gasteiger partial charge >= 0.3 is 0 Å². The molecule has 0 fully saturated rings. The monoisotopic (exact) mass is 401 g/mol. The van der Waals surface area contributed by atoms with Crippen LogP contribution in [0, 0.1) is 10.1 Å². The van der Waals surface area contributed by atoms with Gasteiger partial charge in [0.25, 0.3) is 5.69 Å². The van der Waals surface area contributed by atoms with Crippen LogP contribution in [0.1, 0.15) is 35.4 Å². The number of rotatable bonds is 4. The molecule has 0 saturated carbocycles. The Morgan fingerprint density at radius 2 is 1.83 bits per heavy atom. The molecular weight excluding hydrogens is 382 g/mol. The van der Waals surface area contributed by atoms with Gasteiger partial charge in [0.15, 0.2) is 11.5 Å². The predicted molar refractivity (Wildman–Crippen MR) is 112 cm³/mol. The van der Waals surface area contributed by atoms with E-state index in [0.29, 0.717) is 11.5 Å². The second kappa shape index (κ2) is 7.18. The lowest BCUT2D eigenvalue weighted by Gasteiger charge is -2.38. The number of hydrogen-bond acceptors (Lipinski definition) is 6. The fourth-order valence-corrected chi connectivity index (χ4v) is 4.03. The lowest BCUT2D eigenvalue weighted by molar-refractivity contribution is -0.384. The number of nitrogens with zero attached hydrogens (tertiary/aromatic N) is 3. The second-order valence-corrected chi connectivity index (χ2v) is 7.21. The van der Waals surface area contributed by atoms with Crippen LogP contribution in [0.25, 0.3) is 0 Å². The molecular formula is C23H19N3O4. The summed E-state index contributed by atoms with van der Waals surface area (Å²) in [6.45, 7) is 0. The molecule has 2 aliphatic rings. The summed E-state index contributed by atoms with van der Waals surface area (Å²) in [4.78, 5) is 10.6. The van der Waals surface area contributed by atoms with Gasteiger partial charge in [0.2, 0.25) is 6.23 Å². The van der Waals surface area contributed by atoms with Gasteiger partial charge in [-0.25, -0.2) is 5.01 Å². The maximum absolute atomic E-state index is 11.0. The highest BCUT2D eigenvalue weighted by Gasteiger charge is 2.42. The number of non-ortho nitro benzene ring substituents is 1. The SMILES string of the molecule is COc1cccc2c1O[C@@H](c1ccc([N+](=O)[O-])cc1)N1N=C(c3ccccc3)C[C@@H]21. The standard InChI is InChI=1S/C23H19N3O4/c1-29-21-9-5-8-18-20-14-19(15-6-3-2-4-7-15)24-25(20)23(30-22(18)21)16-10-12-17(13-11-16)26(27)28/h2-13,20,23H,14H2,1H3/t20-,23-/m0/s1. The number of nitro benzene ring substituents is 1. The summed E-state index contributed by atoms with van der Waals surface area (Å²) in [7, 11) is 1.62. The number of para-hydroxylation sites is 1. The van der Waals surface area contributed by atoms with Crippen molar-refractivity contribution in [1.82, 2.24) is 5.01 Å². The van der Waals surface area contributed by atoms with Crippen LogP contribution in [-0.4, -0.2) is 22.8 Å². The number of methoxy groups -OCH3 is 1. The van der Waals surface area contributed by atoms with Gasteiger partial charge in [-0.2, -0.15) is 5.10 Å². The normalized spacial score (nSPS) is 19.4. The summed E-state index contributed by atoms with van der Waals surface area (Å²) < 4.78 is 11.9. The molecule has 7 heteroatoms. The lowest BCUT2D eigenvalue weighted by Crippen LogP contribution is -2.33. The quantitative estimate of drug-likeness (QED) is 0.462. The maximum Gasteiger partial charge on any atom is 0.269 e. The number of nitro groups is 1. The van der Waals surface area contributed by atoms with E-state index < -0.39 is 11.2 Å². The Hall–Kier alpha value is -3.87. The highest BCUT2D eigenvalue weighted by Crippen LogP contribution is 2.50. The molecule has 0 unspecified atom stereocenters. The summed E-state index contributed by atoms with van der Waals surface area (Å²) in [6.07, 6.45) is 0.220. The zero-order chi connectivity index (χ0) is 20.7. The number of hydrazone groups is 1. The van der Waals surface area contributed by atoms with E-state index in [1.54, 1.807) is 19.2 Å². The van der Waals surface area contributed by atoms with E-state index in [2.05, 4.69) is 0 Å². The van der Waals surface area contributed by atoms with Crippen molar-refractivity contribution in [3.05, 3.63) is 99.6 Å². The molecule has 0 amide bonds. The Bertz CT molecular complexity index is 1130. The molecule has 0 radical (unpaired) electrons. The fraction of sp³-hybridized carbons (Fsp3) is 0.174. The van der Waals surface area contributed by atoms with E-state index in [1.165, 1.54) is 12.1 Å². The van der Waals surface area contributed by atoms with Crippen LogP contribution >= 0.6 is 0 Å². The third-order valence-electron chi connectivity index (χ3n) is 5.50. The van der Waals surface area contributed by atoms with E-state index in [9.17, 15) is 10.1 Å². The predicted octanol–water partition coefficient (Wildman–Crippen LogP) is 4.85. The van der Waals surface area contributed by atoms with Crippen molar-refractivity contribution in [3.63, 3.8) is 0 Å². The van der Waals surface area contributed by atoms with E-state index in [0.717, 1.165) is 28.8 Å². The summed E-state index contributed by atoms with van der Waals surface area (Å²) in [5, 5.41) is 17.9. The molecule has 0 aliphatic carbocycles. The minimum Gasteiger partial charge on any atom is -0.493 e. The molecule has 3 aromatic rings. The van der Waals surface area contributed by atoms with Crippen LogP contribution in [0.2, 0.25) is 0 Å². The lowest BCUT2D eigenvalue weighted by atomic mass is 9.95. The molecule has 5 rings (SSSR count). The van der Waals surface area contributed by atoms with Gasteiger partial charge in [0, 0.05) is 29.7 Å². The Morgan fingerprint density at radius 3 is 2.53 bits per heavy atom. The zero-order valence-corrected chi connectivity index (χ0v) is 16.3. The summed E-state index contributed by atoms with van der Waals surface area (Å²) in [6, 6.07) is 22.3. The van der Waals surface area contributed by atoms with Crippen molar-refractivity contribution < 1.29 is 14.4 Å². The number of hydrogen-bond donors (Lipinski definition) is 0. The summed E-state index contributed by atoms with van der Waals surface area (Å²) in [5.41, 5.74) is 3.90. The van der Waals surface area contributed by atoms with Crippen molar-refractivity contribution in [2.45, 2.75) is 18.7 Å². The number of fused-ring (bicyclic) bond motifs is 3. The molecule has 3 aromatic carbocycles. The summed E-state index contributed by atoms with van der Waals surface area (Å²) >= 11 is 0. The first-order chi connectivity index (χ1) is 14.7. The van der Waals surface area contributed by atoms with Gasteiger partial charge in [0.05, 0.1) is 23.8 Å². The van der Waals surface area contributed by atoms with Gasteiger partial charge in [-0.15, -0.1) is 0 Å². The Labute approximate surface area is 173 Å². The van der Waals surface area contributed by atoms with Gasteiger partial charge in [-0.05, 0) is 23.8 Å². The number of benzene rings is 3. The van der Waals surface area contributed by atoms with Crippen molar-refractivity contribution >= 4 is 11.4 Å². The third kappa shape index (κ3) is 2.95. The van der Waals surface area contributed by atoms with Crippen LogP contribution in [0.4, 0.5) is 5.69 Å². The zero-order valence-electron chi connectivity index (χ0n) is 16.3. The van der Waals surface area contributed by atoms with Gasteiger partial charge in [-0.1, -0.05) is 42.5 Å². The van der Waals surface area contributed by atoms with Crippen LogP contribution in [0.5, 0.6) is 11.5 Å². The first-order valence-electron chi connectivity index (χ1n) is 9.65. The van der Waals surface area contributed by atoms with Crippen molar-refractivity contribution in [1.29, 1.82) is 0 Å². The topological polar surface area (TPSA) is 77.2 Å². The largest absolute Gasteiger partial charge is 0.493 e. The maximum atomic E-state index is 11.0. The van der Waals surface area contributed by atoms with Gasteiger partial charge in [0.1, 0.15) is 0 Å². The fourth-order valence-electron chi connectivity index (χ4n) is 4.03. The van der Waals surface area contributed by atoms with E-state index in [4.69, 9.17) is 14.6 Å². The average molecular weight is 401 g/mol. The smallest absolute Gasteiger partial charge is 0.269 e. The van der Waals surface area contributed by atoms with Crippen LogP contribution < -0.4 is 9.47 Å². The summed E-state index contributed by atoms with van der Waals surface area (Å²) in [5.74, 6) is 1.35. The highest BCUT2D eigenvalue weighted by molar-refractivity contribution is 6.01. The minimum absolute atomic E-state index is 0.0146. The molecule has 2 heterocycles. The highest BCUT2D eigenvalue weighted by atomic mass is 16.6. The molecule has 7 nitrogen and oxygen atoms in total. The Balaban J connectivity index is 1.60. The minimum atomic E-state index is -0.513. The molecule has 2 aliphatic heterocycles. The van der Waals surface area contributed by atoms with Crippen LogP contribution in [0.15, 0.2) is 77.9 Å². The van der Waals surface area contributed by atoms with Crippen molar-refractivity contribution in [2.24, 2.45) is 5.10 Å². The average Bonchev–Trinajstić information content (AvgIpc) is 3.24. The van der Waals surface area contributed by atoms with Gasteiger partial charge < -0.3 is 9.47 Å². The van der Waals surface area contributed by atoms with Crippen LogP contribution in [-0.2, 0) is 0 Å². The molecule has 0 bridgehead atoms. The van der Waals surface area contributed by atoms with Gasteiger partial charge in [-0.3, -0.25) is 10.1 Å². The van der Waals surface area contributed by atoms with Crippen molar-refractivity contribution in [2.75, 3.05) is 7.11 Å².